The van der Waals surface area contributed by atoms with Crippen molar-refractivity contribution in [3.05, 3.63) is 61.2 Å². The van der Waals surface area contributed by atoms with Crippen LogP contribution < -0.4 is 4.57 Å². The summed E-state index contributed by atoms with van der Waals surface area (Å²) in [7, 11) is 1.97. The molecule has 0 radical (unpaired) electrons. The number of benzene rings is 2. The van der Waals surface area contributed by atoms with Gasteiger partial charge >= 0.3 is 0 Å². The van der Waals surface area contributed by atoms with Gasteiger partial charge in [0.25, 0.3) is 0 Å². The second-order valence-electron chi connectivity index (χ2n) is 3.91. The zero-order valence-corrected chi connectivity index (χ0v) is 9.09. The summed E-state index contributed by atoms with van der Waals surface area (Å²) in [5.74, 6) is 0. The minimum Gasteiger partial charge on any atom is -0.326 e. The van der Waals surface area contributed by atoms with Crippen LogP contribution in [0.5, 0.6) is 0 Å². The van der Waals surface area contributed by atoms with E-state index in [2.05, 4.69) is 48.8 Å². The van der Waals surface area contributed by atoms with Gasteiger partial charge in [-0.15, -0.1) is 0 Å². The fourth-order valence-electron chi connectivity index (χ4n) is 1.87. The average Bonchev–Trinajstić information content (AvgIpc) is 2.75. The molecule has 0 aliphatic heterocycles. The van der Waals surface area contributed by atoms with Crippen LogP contribution in [0.15, 0.2) is 54.9 Å². The van der Waals surface area contributed by atoms with Gasteiger partial charge in [-0.05, 0) is 16.8 Å². The zero-order valence-electron chi connectivity index (χ0n) is 9.09. The summed E-state index contributed by atoms with van der Waals surface area (Å²) in [6, 6.07) is 14.8. The van der Waals surface area contributed by atoms with Crippen molar-refractivity contribution < 1.29 is 4.57 Å². The standard InChI is InChI=1S/C14H12N2/c1-15-8-9-16(11-15)14-7-6-12-4-2-3-5-13(12)10-14/h2-10H,1H3. The van der Waals surface area contributed by atoms with Gasteiger partial charge in [-0.3, -0.25) is 0 Å². The second-order valence-corrected chi connectivity index (χ2v) is 3.91. The smallest absolute Gasteiger partial charge is 0.243 e. The molecule has 3 aromatic rings. The number of hydrogen-bond donors (Lipinski definition) is 0. The van der Waals surface area contributed by atoms with Gasteiger partial charge in [-0.1, -0.05) is 36.4 Å². The lowest BCUT2D eigenvalue weighted by atomic mass is 10.1. The van der Waals surface area contributed by atoms with Crippen molar-refractivity contribution in [1.82, 2.24) is 4.57 Å². The molecule has 3 rings (SSSR count). The number of aryl methyl sites for hydroxylation is 1. The van der Waals surface area contributed by atoms with Gasteiger partial charge < -0.3 is 9.13 Å². The SMILES string of the molecule is C[n+]1[c-]n(-c2ccc3ccccc3c2)cc1. The Hall–Kier alpha value is -2.09. The van der Waals surface area contributed by atoms with E-state index in [1.54, 1.807) is 0 Å². The molecule has 78 valence electrons. The van der Waals surface area contributed by atoms with E-state index in [0.29, 0.717) is 0 Å². The van der Waals surface area contributed by atoms with E-state index in [9.17, 15) is 0 Å². The van der Waals surface area contributed by atoms with Crippen LogP contribution in [-0.4, -0.2) is 4.57 Å². The first-order chi connectivity index (χ1) is 7.83. The predicted molar refractivity (Wildman–Crippen MR) is 63.3 cm³/mol. The lowest BCUT2D eigenvalue weighted by molar-refractivity contribution is -0.674. The minimum absolute atomic E-state index is 1.14. The average molecular weight is 208 g/mol. The Balaban J connectivity index is 2.18. The molecule has 0 fully saturated rings. The molecule has 2 heteroatoms. The number of fused-ring (bicyclic) bond motifs is 1. The Labute approximate surface area is 94.4 Å². The zero-order chi connectivity index (χ0) is 11.0. The van der Waals surface area contributed by atoms with E-state index in [-0.39, 0.29) is 0 Å². The third-order valence-electron chi connectivity index (χ3n) is 2.72. The Morgan fingerprint density at radius 3 is 2.62 bits per heavy atom. The Morgan fingerprint density at radius 1 is 1.06 bits per heavy atom. The molecule has 0 aliphatic carbocycles. The van der Waals surface area contributed by atoms with E-state index in [0.717, 1.165) is 5.69 Å². The van der Waals surface area contributed by atoms with E-state index in [1.807, 2.05) is 28.6 Å². The van der Waals surface area contributed by atoms with Gasteiger partial charge in [0.2, 0.25) is 6.33 Å². The van der Waals surface area contributed by atoms with E-state index >= 15 is 0 Å². The molecule has 0 saturated heterocycles. The van der Waals surface area contributed by atoms with Crippen LogP contribution in [0.1, 0.15) is 0 Å². The molecule has 0 unspecified atom stereocenters. The molecule has 0 atom stereocenters. The molecule has 0 amide bonds. The third-order valence-corrected chi connectivity index (χ3v) is 2.72. The highest BCUT2D eigenvalue weighted by Crippen LogP contribution is 2.17. The summed E-state index contributed by atoms with van der Waals surface area (Å²) in [5, 5.41) is 2.52. The molecule has 2 aromatic carbocycles. The quantitative estimate of drug-likeness (QED) is 0.428. The molecule has 1 heterocycles. The summed E-state index contributed by atoms with van der Waals surface area (Å²) >= 11 is 0. The topological polar surface area (TPSA) is 8.81 Å². The van der Waals surface area contributed by atoms with Crippen LogP contribution in [-0.2, 0) is 7.05 Å². The lowest BCUT2D eigenvalue weighted by Crippen LogP contribution is -2.24. The third kappa shape index (κ3) is 1.48. The molecule has 2 nitrogen and oxygen atoms in total. The summed E-state index contributed by atoms with van der Waals surface area (Å²) in [6.07, 6.45) is 7.18. The predicted octanol–water partition coefficient (Wildman–Crippen LogP) is 2.26. The number of hydrogen-bond acceptors (Lipinski definition) is 0. The fourth-order valence-corrected chi connectivity index (χ4v) is 1.87. The minimum atomic E-state index is 1.14. The maximum atomic E-state index is 3.19. The normalized spacial score (nSPS) is 10.8. The van der Waals surface area contributed by atoms with Crippen molar-refractivity contribution in [2.24, 2.45) is 7.05 Å². The van der Waals surface area contributed by atoms with Crippen LogP contribution in [0.3, 0.4) is 0 Å². The van der Waals surface area contributed by atoms with Gasteiger partial charge in [0.1, 0.15) is 0 Å². The Kier molecular flexibility index (Phi) is 2.00. The monoisotopic (exact) mass is 208 g/mol. The molecule has 0 aliphatic rings. The molecule has 1 aromatic heterocycles. The number of nitrogens with zero attached hydrogens (tertiary/aromatic N) is 2. The first kappa shape index (κ1) is 9.16. The Bertz CT molecular complexity index is 638. The second kappa shape index (κ2) is 3.49. The summed E-state index contributed by atoms with van der Waals surface area (Å²) in [4.78, 5) is 0. The van der Waals surface area contributed by atoms with E-state index in [1.165, 1.54) is 10.8 Å². The highest BCUT2D eigenvalue weighted by molar-refractivity contribution is 5.84. The van der Waals surface area contributed by atoms with Crippen molar-refractivity contribution >= 4 is 10.8 Å². The lowest BCUT2D eigenvalue weighted by Gasteiger charge is -2.04. The first-order valence-electron chi connectivity index (χ1n) is 5.28. The van der Waals surface area contributed by atoms with Crippen molar-refractivity contribution in [3.8, 4) is 5.69 Å². The number of imidazole rings is 1. The van der Waals surface area contributed by atoms with Crippen molar-refractivity contribution in [3.63, 3.8) is 0 Å². The molecule has 0 saturated carbocycles. The van der Waals surface area contributed by atoms with Crippen molar-refractivity contribution in [2.75, 3.05) is 0 Å². The molecule has 0 spiro atoms. The van der Waals surface area contributed by atoms with Gasteiger partial charge in [0.15, 0.2) is 0 Å². The highest BCUT2D eigenvalue weighted by atomic mass is 15.1. The number of rotatable bonds is 1. The van der Waals surface area contributed by atoms with E-state index in [4.69, 9.17) is 0 Å². The first-order valence-corrected chi connectivity index (χ1v) is 5.28. The highest BCUT2D eigenvalue weighted by Gasteiger charge is 1.98. The van der Waals surface area contributed by atoms with Crippen LogP contribution in [0.2, 0.25) is 0 Å². The Morgan fingerprint density at radius 2 is 1.88 bits per heavy atom. The largest absolute Gasteiger partial charge is 0.326 e. The van der Waals surface area contributed by atoms with Gasteiger partial charge in [-0.2, -0.15) is 0 Å². The summed E-state index contributed by atoms with van der Waals surface area (Å²) in [6.45, 7) is 0. The molecular formula is C14H12N2. The molecule has 0 bridgehead atoms. The summed E-state index contributed by atoms with van der Waals surface area (Å²) in [5.41, 5.74) is 1.14. The van der Waals surface area contributed by atoms with Crippen LogP contribution in [0.4, 0.5) is 0 Å². The molecule has 0 N–H and O–H groups in total. The van der Waals surface area contributed by atoms with Gasteiger partial charge in [0, 0.05) is 12.4 Å². The van der Waals surface area contributed by atoms with E-state index < -0.39 is 0 Å². The van der Waals surface area contributed by atoms with Gasteiger partial charge in [-0.25, -0.2) is 0 Å². The number of aromatic nitrogens is 2. The molecular weight excluding hydrogens is 196 g/mol. The van der Waals surface area contributed by atoms with Gasteiger partial charge in [0.05, 0.1) is 12.7 Å². The summed E-state index contributed by atoms with van der Waals surface area (Å²) < 4.78 is 3.90. The van der Waals surface area contributed by atoms with Crippen molar-refractivity contribution in [1.29, 1.82) is 0 Å². The maximum Gasteiger partial charge on any atom is 0.243 e. The van der Waals surface area contributed by atoms with Crippen LogP contribution in [0, 0.1) is 6.33 Å². The molecule has 16 heavy (non-hydrogen) atoms. The van der Waals surface area contributed by atoms with Crippen molar-refractivity contribution in [2.45, 2.75) is 0 Å². The maximum absolute atomic E-state index is 3.19. The van der Waals surface area contributed by atoms with Crippen LogP contribution >= 0.6 is 0 Å². The van der Waals surface area contributed by atoms with Crippen LogP contribution in [0.25, 0.3) is 16.5 Å². The fraction of sp³-hybridized carbons (Fsp3) is 0.0714.